The summed E-state index contributed by atoms with van der Waals surface area (Å²) in [5, 5.41) is 14.8. The number of carbonyl (C=O) groups is 2. The maximum atomic E-state index is 11.8. The SMILES string of the molecule is CCN(CC)CCNC(=O)CCC(=O)Nc1nnc(C(C)C)s1. The number of amides is 2. The summed E-state index contributed by atoms with van der Waals surface area (Å²) >= 11 is 1.37. The molecule has 0 aliphatic heterocycles. The predicted octanol–water partition coefficient (Wildman–Crippen LogP) is 1.84. The van der Waals surface area contributed by atoms with Crippen LogP contribution in [0.5, 0.6) is 0 Å². The van der Waals surface area contributed by atoms with Crippen LogP contribution in [-0.2, 0) is 9.59 Å². The second-order valence-corrected chi connectivity index (χ2v) is 6.53. The van der Waals surface area contributed by atoms with Crippen molar-refractivity contribution in [3.63, 3.8) is 0 Å². The average molecular weight is 341 g/mol. The first kappa shape index (κ1) is 19.5. The number of carbonyl (C=O) groups excluding carboxylic acids is 2. The molecular weight excluding hydrogens is 314 g/mol. The fourth-order valence-corrected chi connectivity index (χ4v) is 2.67. The monoisotopic (exact) mass is 341 g/mol. The van der Waals surface area contributed by atoms with Crippen LogP contribution in [0.4, 0.5) is 5.13 Å². The van der Waals surface area contributed by atoms with Crippen LogP contribution in [0.25, 0.3) is 0 Å². The van der Waals surface area contributed by atoms with E-state index in [0.717, 1.165) is 24.6 Å². The summed E-state index contributed by atoms with van der Waals surface area (Å²) < 4.78 is 0. The van der Waals surface area contributed by atoms with E-state index in [0.29, 0.717) is 11.7 Å². The molecule has 130 valence electrons. The topological polar surface area (TPSA) is 87.2 Å². The molecule has 2 N–H and O–H groups in total. The Kier molecular flexibility index (Phi) is 8.71. The smallest absolute Gasteiger partial charge is 0.226 e. The molecule has 8 heteroatoms. The minimum Gasteiger partial charge on any atom is -0.355 e. The maximum Gasteiger partial charge on any atom is 0.226 e. The van der Waals surface area contributed by atoms with Gasteiger partial charge < -0.3 is 15.5 Å². The molecule has 0 radical (unpaired) electrons. The molecule has 0 aliphatic carbocycles. The van der Waals surface area contributed by atoms with Crippen LogP contribution >= 0.6 is 11.3 Å². The van der Waals surface area contributed by atoms with Crippen molar-refractivity contribution in [1.82, 2.24) is 20.4 Å². The van der Waals surface area contributed by atoms with Crippen molar-refractivity contribution in [2.75, 3.05) is 31.5 Å². The molecule has 0 aromatic carbocycles. The average Bonchev–Trinajstić information content (AvgIpc) is 2.98. The molecule has 1 rings (SSSR count). The van der Waals surface area contributed by atoms with Crippen molar-refractivity contribution >= 4 is 28.3 Å². The number of likely N-dealkylation sites (N-methyl/N-ethyl adjacent to an activating group) is 1. The van der Waals surface area contributed by atoms with Gasteiger partial charge in [-0.2, -0.15) is 0 Å². The van der Waals surface area contributed by atoms with Crippen molar-refractivity contribution in [3.8, 4) is 0 Å². The molecule has 0 unspecified atom stereocenters. The van der Waals surface area contributed by atoms with Crippen molar-refractivity contribution < 1.29 is 9.59 Å². The van der Waals surface area contributed by atoms with Gasteiger partial charge in [-0.25, -0.2) is 0 Å². The fraction of sp³-hybridized carbons (Fsp3) is 0.733. The summed E-state index contributed by atoms with van der Waals surface area (Å²) in [6, 6.07) is 0. The minimum atomic E-state index is -0.213. The Balaban J connectivity index is 2.23. The van der Waals surface area contributed by atoms with E-state index in [1.165, 1.54) is 11.3 Å². The molecule has 2 amide bonds. The van der Waals surface area contributed by atoms with Gasteiger partial charge in [-0.15, -0.1) is 10.2 Å². The summed E-state index contributed by atoms with van der Waals surface area (Å²) in [7, 11) is 0. The van der Waals surface area contributed by atoms with Gasteiger partial charge in [-0.3, -0.25) is 9.59 Å². The molecule has 7 nitrogen and oxygen atoms in total. The third kappa shape index (κ3) is 7.51. The van der Waals surface area contributed by atoms with Crippen LogP contribution in [0.15, 0.2) is 0 Å². The summed E-state index contributed by atoms with van der Waals surface area (Å²) in [5.41, 5.74) is 0. The molecule has 0 fully saturated rings. The number of hydrogen-bond donors (Lipinski definition) is 2. The van der Waals surface area contributed by atoms with E-state index in [4.69, 9.17) is 0 Å². The summed E-state index contributed by atoms with van der Waals surface area (Å²) in [5.74, 6) is -0.0301. The lowest BCUT2D eigenvalue weighted by Crippen LogP contribution is -2.35. The molecule has 0 saturated heterocycles. The molecule has 23 heavy (non-hydrogen) atoms. The van der Waals surface area contributed by atoms with Gasteiger partial charge in [-0.05, 0) is 13.1 Å². The van der Waals surface area contributed by atoms with Gasteiger partial charge in [0.25, 0.3) is 0 Å². The lowest BCUT2D eigenvalue weighted by Gasteiger charge is -2.17. The van der Waals surface area contributed by atoms with E-state index in [1.54, 1.807) is 0 Å². The van der Waals surface area contributed by atoms with Crippen LogP contribution < -0.4 is 10.6 Å². The summed E-state index contributed by atoms with van der Waals surface area (Å²) in [4.78, 5) is 25.8. The van der Waals surface area contributed by atoms with Crippen LogP contribution in [0.1, 0.15) is 51.5 Å². The van der Waals surface area contributed by atoms with E-state index in [9.17, 15) is 9.59 Å². The largest absolute Gasteiger partial charge is 0.355 e. The number of rotatable bonds is 10. The Hall–Kier alpha value is -1.54. The number of aromatic nitrogens is 2. The molecule has 0 spiro atoms. The standard InChI is InChI=1S/C15H27N5O2S/c1-5-20(6-2)10-9-16-12(21)7-8-13(22)17-15-19-18-14(23-15)11(3)4/h11H,5-10H2,1-4H3,(H,16,21)(H,17,19,22). The van der Waals surface area contributed by atoms with Gasteiger partial charge in [0.2, 0.25) is 16.9 Å². The number of nitrogens with zero attached hydrogens (tertiary/aromatic N) is 3. The minimum absolute atomic E-state index is 0.104. The maximum absolute atomic E-state index is 11.8. The highest BCUT2D eigenvalue weighted by Gasteiger charge is 2.12. The van der Waals surface area contributed by atoms with E-state index in [-0.39, 0.29) is 30.6 Å². The highest BCUT2D eigenvalue weighted by molar-refractivity contribution is 7.15. The normalized spacial score (nSPS) is 11.0. The third-order valence-corrected chi connectivity index (χ3v) is 4.54. The van der Waals surface area contributed by atoms with Crippen molar-refractivity contribution in [2.45, 2.75) is 46.5 Å². The van der Waals surface area contributed by atoms with Crippen LogP contribution in [0.2, 0.25) is 0 Å². The van der Waals surface area contributed by atoms with E-state index in [2.05, 4.69) is 39.6 Å². The summed E-state index contributed by atoms with van der Waals surface area (Å²) in [6.45, 7) is 11.6. The van der Waals surface area contributed by atoms with E-state index in [1.807, 2.05) is 13.8 Å². The number of hydrogen-bond acceptors (Lipinski definition) is 6. The molecule has 0 atom stereocenters. The van der Waals surface area contributed by atoms with Gasteiger partial charge >= 0.3 is 0 Å². The Bertz CT molecular complexity index is 500. The quantitative estimate of drug-likeness (QED) is 0.678. The summed E-state index contributed by atoms with van der Waals surface area (Å²) in [6.07, 6.45) is 0.327. The lowest BCUT2D eigenvalue weighted by atomic mass is 10.2. The fourth-order valence-electron chi connectivity index (χ4n) is 1.91. The van der Waals surface area contributed by atoms with Gasteiger partial charge in [0.1, 0.15) is 5.01 Å². The second kappa shape index (κ2) is 10.3. The van der Waals surface area contributed by atoms with E-state index >= 15 is 0 Å². The third-order valence-electron chi connectivity index (χ3n) is 3.40. The van der Waals surface area contributed by atoms with E-state index < -0.39 is 0 Å². The molecule has 1 heterocycles. The highest BCUT2D eigenvalue weighted by Crippen LogP contribution is 2.22. The van der Waals surface area contributed by atoms with Crippen molar-refractivity contribution in [1.29, 1.82) is 0 Å². The Labute approximate surface area is 141 Å². The van der Waals surface area contributed by atoms with Gasteiger partial charge in [-0.1, -0.05) is 39.0 Å². The molecule has 1 aromatic heterocycles. The van der Waals surface area contributed by atoms with Crippen LogP contribution in [-0.4, -0.2) is 53.1 Å². The predicted molar refractivity (Wildman–Crippen MR) is 92.7 cm³/mol. The first-order valence-electron chi connectivity index (χ1n) is 8.08. The molecule has 0 saturated carbocycles. The van der Waals surface area contributed by atoms with Gasteiger partial charge in [0, 0.05) is 31.8 Å². The van der Waals surface area contributed by atoms with Crippen LogP contribution in [0.3, 0.4) is 0 Å². The lowest BCUT2D eigenvalue weighted by molar-refractivity contribution is -0.124. The molecule has 0 aliphatic rings. The highest BCUT2D eigenvalue weighted by atomic mass is 32.1. The first-order chi connectivity index (χ1) is 11.0. The Morgan fingerprint density at radius 2 is 1.78 bits per heavy atom. The zero-order chi connectivity index (χ0) is 17.2. The van der Waals surface area contributed by atoms with Crippen LogP contribution in [0, 0.1) is 0 Å². The first-order valence-corrected chi connectivity index (χ1v) is 8.90. The Morgan fingerprint density at radius 1 is 1.13 bits per heavy atom. The van der Waals surface area contributed by atoms with Gasteiger partial charge in [0.15, 0.2) is 0 Å². The zero-order valence-corrected chi connectivity index (χ0v) is 15.2. The van der Waals surface area contributed by atoms with Crippen molar-refractivity contribution in [2.24, 2.45) is 0 Å². The zero-order valence-electron chi connectivity index (χ0n) is 14.4. The number of nitrogens with one attached hydrogen (secondary N) is 2. The molecular formula is C15H27N5O2S. The van der Waals surface area contributed by atoms with Crippen molar-refractivity contribution in [3.05, 3.63) is 5.01 Å². The second-order valence-electron chi connectivity index (χ2n) is 5.53. The Morgan fingerprint density at radius 3 is 2.35 bits per heavy atom. The molecule has 0 bridgehead atoms. The number of anilines is 1. The van der Waals surface area contributed by atoms with Gasteiger partial charge in [0.05, 0.1) is 0 Å². The molecule has 1 aromatic rings.